The van der Waals surface area contributed by atoms with Gasteiger partial charge in [0, 0.05) is 28.4 Å². The van der Waals surface area contributed by atoms with E-state index in [1.807, 2.05) is 25.3 Å². The number of hydrogen-bond acceptors (Lipinski definition) is 2. The van der Waals surface area contributed by atoms with Gasteiger partial charge in [-0.15, -0.1) is 5.73 Å². The average molecular weight is 488 g/mol. The number of aromatic nitrogens is 1. The second-order valence-electron chi connectivity index (χ2n) is 8.13. The van der Waals surface area contributed by atoms with Gasteiger partial charge >= 0.3 is 5.97 Å². The molecule has 1 N–H and O–H groups in total. The Morgan fingerprint density at radius 2 is 2.06 bits per heavy atom. The average Bonchev–Trinajstić information content (AvgIpc) is 3.53. The zero-order chi connectivity index (χ0) is 24.0. The quantitative estimate of drug-likeness (QED) is 0.242. The third-order valence-corrected chi connectivity index (χ3v) is 7.42. The fourth-order valence-electron chi connectivity index (χ4n) is 4.94. The predicted octanol–water partition coefficient (Wildman–Crippen LogP) is 8.50. The number of carboxylic acids is 1. The first-order valence-corrected chi connectivity index (χ1v) is 12.9. The number of aliphatic carboxylic acids is 1. The zero-order valence-electron chi connectivity index (χ0n) is 19.2. The lowest BCUT2D eigenvalue weighted by molar-refractivity contribution is -0.137. The number of halogens is 2. The predicted molar refractivity (Wildman–Crippen MR) is 137 cm³/mol. The van der Waals surface area contributed by atoms with Crippen LogP contribution in [-0.4, -0.2) is 15.6 Å². The number of carbonyl (C=O) groups is 1. The SMILES string of the molecule is C=CC(Cl)=C=C/C=C/Sc1c2n(c3cc(F)cc(C4CCCC4)c13)CCC2CC(=O)O.CC. The molecule has 1 aliphatic heterocycles. The molecule has 0 radical (unpaired) electrons. The van der Waals surface area contributed by atoms with Crippen molar-refractivity contribution < 1.29 is 14.3 Å². The van der Waals surface area contributed by atoms with Crippen molar-refractivity contribution in [3.8, 4) is 0 Å². The van der Waals surface area contributed by atoms with Crippen LogP contribution in [0.15, 0.2) is 58.0 Å². The summed E-state index contributed by atoms with van der Waals surface area (Å²) in [5, 5.41) is 12.9. The Bertz CT molecular complexity index is 1120. The maximum absolute atomic E-state index is 14.6. The normalized spacial score (nSPS) is 17.5. The summed E-state index contributed by atoms with van der Waals surface area (Å²) in [6.45, 7) is 8.32. The lowest BCUT2D eigenvalue weighted by atomic mass is 9.93. The van der Waals surface area contributed by atoms with E-state index in [4.69, 9.17) is 11.6 Å². The Balaban J connectivity index is 0.00000149. The van der Waals surface area contributed by atoms with E-state index in [9.17, 15) is 14.3 Å². The van der Waals surface area contributed by atoms with E-state index in [0.29, 0.717) is 11.0 Å². The van der Waals surface area contributed by atoms with Gasteiger partial charge in [0.25, 0.3) is 0 Å². The van der Waals surface area contributed by atoms with Crippen molar-refractivity contribution in [2.45, 2.75) is 75.6 Å². The molecule has 2 heterocycles. The van der Waals surface area contributed by atoms with Crippen LogP contribution in [0, 0.1) is 5.82 Å². The molecule has 0 amide bonds. The van der Waals surface area contributed by atoms with Crippen molar-refractivity contribution in [2.75, 3.05) is 0 Å². The van der Waals surface area contributed by atoms with Gasteiger partial charge in [0.2, 0.25) is 0 Å². The molecule has 0 saturated heterocycles. The van der Waals surface area contributed by atoms with Crippen molar-refractivity contribution >= 4 is 40.2 Å². The van der Waals surface area contributed by atoms with Gasteiger partial charge in [-0.05, 0) is 66.5 Å². The Kier molecular flexibility index (Phi) is 9.08. The van der Waals surface area contributed by atoms with E-state index in [-0.39, 0.29) is 18.2 Å². The number of nitrogens with zero attached hydrogens (tertiary/aromatic N) is 1. The highest BCUT2D eigenvalue weighted by molar-refractivity contribution is 8.02. The van der Waals surface area contributed by atoms with E-state index in [2.05, 4.69) is 16.9 Å². The van der Waals surface area contributed by atoms with Crippen LogP contribution in [0.1, 0.15) is 75.5 Å². The molecule has 3 nitrogen and oxygen atoms in total. The number of aryl methyl sites for hydroxylation is 1. The molecule has 1 aromatic heterocycles. The van der Waals surface area contributed by atoms with Gasteiger partial charge < -0.3 is 9.67 Å². The molecule has 0 spiro atoms. The Hall–Kier alpha value is -2.20. The number of carboxylic acid groups (broad SMARTS) is 1. The van der Waals surface area contributed by atoms with E-state index in [1.165, 1.54) is 18.9 Å². The molecule has 176 valence electrons. The molecule has 2 aromatic rings. The standard InChI is InChI=1S/C25H25ClFNO2S.C2H6/c1-2-18(26)9-5-6-12-31-25-23-20(16-7-3-4-8-16)14-19(27)15-21(23)28-11-10-17(24(25)28)13-22(29)30;1-2/h2,5-6,12,14-17H,1,3-4,7-8,10-11,13H2,(H,29,30);1-2H3/b12-6+;. The number of allylic oxidation sites excluding steroid dienone is 3. The summed E-state index contributed by atoms with van der Waals surface area (Å²) in [5.74, 6) is -0.720. The molecule has 1 fully saturated rings. The molecule has 33 heavy (non-hydrogen) atoms. The third kappa shape index (κ3) is 5.66. The van der Waals surface area contributed by atoms with Crippen LogP contribution in [0.2, 0.25) is 0 Å². The van der Waals surface area contributed by atoms with Crippen molar-refractivity contribution in [1.82, 2.24) is 4.57 Å². The first-order valence-electron chi connectivity index (χ1n) is 11.6. The van der Waals surface area contributed by atoms with Crippen LogP contribution < -0.4 is 0 Å². The Morgan fingerprint density at radius 3 is 2.73 bits per heavy atom. The van der Waals surface area contributed by atoms with Gasteiger partial charge in [-0.2, -0.15) is 0 Å². The lowest BCUT2D eigenvalue weighted by Crippen LogP contribution is -2.04. The molecule has 0 bridgehead atoms. The fraction of sp³-hybridized carbons (Fsp3) is 0.407. The topological polar surface area (TPSA) is 42.2 Å². The van der Waals surface area contributed by atoms with Gasteiger partial charge in [0.05, 0.1) is 17.0 Å². The van der Waals surface area contributed by atoms with Crippen molar-refractivity contribution in [3.63, 3.8) is 0 Å². The lowest BCUT2D eigenvalue weighted by Gasteiger charge is -2.14. The van der Waals surface area contributed by atoms with Gasteiger partial charge in [-0.25, -0.2) is 4.39 Å². The maximum Gasteiger partial charge on any atom is 0.304 e. The van der Waals surface area contributed by atoms with Crippen LogP contribution in [0.25, 0.3) is 10.9 Å². The summed E-state index contributed by atoms with van der Waals surface area (Å²) in [6, 6.07) is 3.31. The number of thioether (sulfide) groups is 1. The Morgan fingerprint density at radius 1 is 1.33 bits per heavy atom. The zero-order valence-corrected chi connectivity index (χ0v) is 20.8. The highest BCUT2D eigenvalue weighted by Crippen LogP contribution is 2.49. The van der Waals surface area contributed by atoms with Crippen LogP contribution in [0.4, 0.5) is 4.39 Å². The van der Waals surface area contributed by atoms with Gasteiger partial charge in [-0.1, -0.05) is 56.6 Å². The summed E-state index contributed by atoms with van der Waals surface area (Å²) in [6.07, 6.45) is 10.4. The van der Waals surface area contributed by atoms with E-state index < -0.39 is 5.97 Å². The summed E-state index contributed by atoms with van der Waals surface area (Å²) in [5.41, 5.74) is 5.90. The summed E-state index contributed by atoms with van der Waals surface area (Å²) < 4.78 is 16.8. The van der Waals surface area contributed by atoms with E-state index >= 15 is 0 Å². The molecule has 1 unspecified atom stereocenters. The molecular weight excluding hydrogens is 457 g/mol. The molecule has 2 aliphatic rings. The van der Waals surface area contributed by atoms with Gasteiger partial charge in [0.15, 0.2) is 0 Å². The number of fused-ring (bicyclic) bond motifs is 3. The van der Waals surface area contributed by atoms with Crippen LogP contribution in [-0.2, 0) is 11.3 Å². The molecule has 4 rings (SSSR count). The molecule has 1 saturated carbocycles. The smallest absolute Gasteiger partial charge is 0.304 e. The van der Waals surface area contributed by atoms with E-state index in [1.54, 1.807) is 30.0 Å². The maximum atomic E-state index is 14.6. The molecule has 6 heteroatoms. The monoisotopic (exact) mass is 487 g/mol. The second kappa shape index (κ2) is 11.8. The molecular formula is C27H31ClFNO2S. The van der Waals surface area contributed by atoms with Crippen LogP contribution in [0.3, 0.4) is 0 Å². The number of benzene rings is 1. The Labute approximate surface area is 204 Å². The summed E-state index contributed by atoms with van der Waals surface area (Å²) >= 11 is 7.46. The number of hydrogen-bond donors (Lipinski definition) is 1. The third-order valence-electron chi connectivity index (χ3n) is 6.22. The van der Waals surface area contributed by atoms with Gasteiger partial charge in [-0.3, -0.25) is 4.79 Å². The van der Waals surface area contributed by atoms with Crippen LogP contribution in [0.5, 0.6) is 0 Å². The van der Waals surface area contributed by atoms with E-state index in [0.717, 1.165) is 52.9 Å². The largest absolute Gasteiger partial charge is 0.481 e. The minimum Gasteiger partial charge on any atom is -0.481 e. The van der Waals surface area contributed by atoms with Crippen molar-refractivity contribution in [3.05, 3.63) is 70.2 Å². The fourth-order valence-corrected chi connectivity index (χ4v) is 6.04. The highest BCUT2D eigenvalue weighted by Gasteiger charge is 2.33. The van der Waals surface area contributed by atoms with Crippen molar-refractivity contribution in [2.24, 2.45) is 0 Å². The van der Waals surface area contributed by atoms with Gasteiger partial charge in [0.1, 0.15) is 5.82 Å². The molecule has 1 aromatic carbocycles. The molecule has 1 aliphatic carbocycles. The number of rotatable bonds is 7. The minimum absolute atomic E-state index is 0.0639. The molecule has 1 atom stereocenters. The first kappa shape index (κ1) is 25.4. The first-order chi connectivity index (χ1) is 16.0. The highest BCUT2D eigenvalue weighted by atomic mass is 35.5. The second-order valence-corrected chi connectivity index (χ2v) is 9.45. The minimum atomic E-state index is -0.801. The summed E-state index contributed by atoms with van der Waals surface area (Å²) in [7, 11) is 0. The van der Waals surface area contributed by atoms with Crippen molar-refractivity contribution in [1.29, 1.82) is 0 Å². The summed E-state index contributed by atoms with van der Waals surface area (Å²) in [4.78, 5) is 12.5. The van der Waals surface area contributed by atoms with Crippen LogP contribution >= 0.6 is 23.4 Å².